The summed E-state index contributed by atoms with van der Waals surface area (Å²) >= 11 is 0. The van der Waals surface area contributed by atoms with Crippen molar-refractivity contribution >= 4 is 65.6 Å². The summed E-state index contributed by atoms with van der Waals surface area (Å²) in [6, 6.07) is 65.6. The van der Waals surface area contributed by atoms with E-state index in [1.165, 1.54) is 21.9 Å². The second kappa shape index (κ2) is 12.3. The third kappa shape index (κ3) is 4.87. The zero-order valence-electron chi connectivity index (χ0n) is 30.5. The van der Waals surface area contributed by atoms with Gasteiger partial charge in [0, 0.05) is 49.1 Å². The summed E-state index contributed by atoms with van der Waals surface area (Å²) in [4.78, 5) is 15.4. The van der Waals surface area contributed by atoms with Gasteiger partial charge in [0.15, 0.2) is 11.6 Å². The fourth-order valence-corrected chi connectivity index (χ4v) is 8.65. The molecule has 0 atom stereocenters. The molecule has 0 saturated carbocycles. The molecule has 0 aliphatic heterocycles. The molecule has 4 aromatic heterocycles. The smallest absolute Gasteiger partial charge is 0.238 e. The van der Waals surface area contributed by atoms with Gasteiger partial charge in [0.2, 0.25) is 5.95 Å². The van der Waals surface area contributed by atoms with Gasteiger partial charge in [-0.25, -0.2) is 4.98 Å². The minimum Gasteiger partial charge on any atom is -0.456 e. The second-order valence-electron chi connectivity index (χ2n) is 14.4. The first kappa shape index (κ1) is 31.5. The summed E-state index contributed by atoms with van der Waals surface area (Å²) in [6.45, 7) is 0. The second-order valence-corrected chi connectivity index (χ2v) is 14.4. The van der Waals surface area contributed by atoms with Crippen LogP contribution in [-0.2, 0) is 0 Å². The zero-order chi connectivity index (χ0) is 37.5. The number of hydrogen-bond donors (Lipinski definition) is 0. The first-order valence-electron chi connectivity index (χ1n) is 19.1. The third-order valence-corrected chi connectivity index (χ3v) is 11.2. The van der Waals surface area contributed by atoms with Gasteiger partial charge in [-0.2, -0.15) is 9.97 Å². The van der Waals surface area contributed by atoms with E-state index < -0.39 is 0 Å². The number of furan rings is 1. The lowest BCUT2D eigenvalue weighted by Gasteiger charge is -2.11. The molecule has 8 aromatic carbocycles. The van der Waals surface area contributed by atoms with E-state index in [1.54, 1.807) is 0 Å². The predicted molar refractivity (Wildman–Crippen MR) is 232 cm³/mol. The molecule has 4 heterocycles. The van der Waals surface area contributed by atoms with Gasteiger partial charge in [-0.1, -0.05) is 127 Å². The van der Waals surface area contributed by atoms with Crippen molar-refractivity contribution in [2.45, 2.75) is 0 Å². The Morgan fingerprint density at radius 3 is 1.60 bits per heavy atom. The van der Waals surface area contributed by atoms with E-state index in [9.17, 15) is 0 Å². The fourth-order valence-electron chi connectivity index (χ4n) is 8.65. The molecule has 12 aromatic rings. The Morgan fingerprint density at radius 1 is 0.351 bits per heavy atom. The van der Waals surface area contributed by atoms with E-state index in [1.807, 2.05) is 42.5 Å². The first-order chi connectivity index (χ1) is 28.3. The average molecular weight is 730 g/mol. The quantitative estimate of drug-likeness (QED) is 0.177. The lowest BCUT2D eigenvalue weighted by molar-refractivity contribution is 0.669. The zero-order valence-corrected chi connectivity index (χ0v) is 30.5. The topological polar surface area (TPSA) is 61.7 Å². The monoisotopic (exact) mass is 729 g/mol. The maximum atomic E-state index is 6.47. The number of nitrogens with zero attached hydrogens (tertiary/aromatic N) is 5. The molecule has 0 saturated heterocycles. The molecule has 0 bridgehead atoms. The van der Waals surface area contributed by atoms with Crippen LogP contribution in [0, 0.1) is 0 Å². The van der Waals surface area contributed by atoms with E-state index in [2.05, 4.69) is 155 Å². The predicted octanol–water partition coefficient (Wildman–Crippen LogP) is 13.0. The van der Waals surface area contributed by atoms with Crippen LogP contribution in [0.4, 0.5) is 0 Å². The fraction of sp³-hybridized carbons (Fsp3) is 0. The standard InChI is InChI=1S/C51H31N5O/c1-3-14-32(15-4-1)36-21-13-25-45-48(36)39-20-9-12-24-44(39)55(45)35-27-29-47-41(31-35)40-30-34(26-28-46(40)57-47)50-52-49(33-16-5-2-6-17-33)53-51(54-50)56-42-22-10-7-18-37(42)38-19-8-11-23-43(38)56/h1-31H. The molecule has 12 rings (SSSR count). The Hall–Kier alpha value is -7.83. The van der Waals surface area contributed by atoms with E-state index in [0.717, 1.165) is 71.6 Å². The van der Waals surface area contributed by atoms with Gasteiger partial charge in [0.05, 0.1) is 22.1 Å². The Kier molecular flexibility index (Phi) is 6.83. The van der Waals surface area contributed by atoms with Crippen molar-refractivity contribution in [3.05, 3.63) is 188 Å². The molecule has 0 radical (unpaired) electrons. The van der Waals surface area contributed by atoms with Gasteiger partial charge in [-0.3, -0.25) is 4.57 Å². The maximum Gasteiger partial charge on any atom is 0.238 e. The molecule has 0 fully saturated rings. The van der Waals surface area contributed by atoms with E-state index in [0.29, 0.717) is 17.6 Å². The summed E-state index contributed by atoms with van der Waals surface area (Å²) < 4.78 is 11.0. The Morgan fingerprint density at radius 2 is 0.895 bits per heavy atom. The maximum absolute atomic E-state index is 6.47. The highest BCUT2D eigenvalue weighted by molar-refractivity contribution is 6.16. The van der Waals surface area contributed by atoms with E-state index in [4.69, 9.17) is 19.4 Å². The number of hydrogen-bond acceptors (Lipinski definition) is 4. The van der Waals surface area contributed by atoms with E-state index in [-0.39, 0.29) is 0 Å². The van der Waals surface area contributed by atoms with Crippen molar-refractivity contribution in [2.24, 2.45) is 0 Å². The highest BCUT2D eigenvalue weighted by Gasteiger charge is 2.20. The number of rotatable bonds is 5. The van der Waals surface area contributed by atoms with Crippen LogP contribution in [0.5, 0.6) is 0 Å². The Bertz CT molecular complexity index is 3470. The SMILES string of the molecule is c1ccc(-c2nc(-c3ccc4oc5ccc(-n6c7ccccc7c7c(-c8ccccc8)cccc76)cc5c4c3)nc(-n3c4ccccc4c4ccccc43)n2)cc1. The molecule has 0 N–H and O–H groups in total. The molecule has 0 amide bonds. The van der Waals surface area contributed by atoms with Crippen LogP contribution in [0.25, 0.3) is 111 Å². The lowest BCUT2D eigenvalue weighted by Crippen LogP contribution is -2.06. The summed E-state index contributed by atoms with van der Waals surface area (Å²) in [7, 11) is 0. The Balaban J connectivity index is 1.06. The molecule has 0 aliphatic rings. The van der Waals surface area contributed by atoms with Crippen LogP contribution in [-0.4, -0.2) is 24.1 Å². The van der Waals surface area contributed by atoms with Crippen LogP contribution < -0.4 is 0 Å². The van der Waals surface area contributed by atoms with Gasteiger partial charge in [-0.15, -0.1) is 0 Å². The van der Waals surface area contributed by atoms with E-state index >= 15 is 0 Å². The molecule has 0 aliphatic carbocycles. The number of fused-ring (bicyclic) bond motifs is 9. The first-order valence-corrected chi connectivity index (χ1v) is 19.1. The van der Waals surface area contributed by atoms with Crippen molar-refractivity contribution in [3.63, 3.8) is 0 Å². The normalized spacial score (nSPS) is 11.9. The van der Waals surface area contributed by atoms with Gasteiger partial charge in [0.1, 0.15) is 11.2 Å². The lowest BCUT2D eigenvalue weighted by atomic mass is 9.99. The van der Waals surface area contributed by atoms with Gasteiger partial charge >= 0.3 is 0 Å². The summed E-state index contributed by atoms with van der Waals surface area (Å²) in [5, 5.41) is 6.77. The van der Waals surface area contributed by atoms with Crippen molar-refractivity contribution < 1.29 is 4.42 Å². The molecule has 266 valence electrons. The van der Waals surface area contributed by atoms with Crippen molar-refractivity contribution in [2.75, 3.05) is 0 Å². The highest BCUT2D eigenvalue weighted by atomic mass is 16.3. The van der Waals surface area contributed by atoms with Crippen molar-refractivity contribution in [3.8, 4) is 45.5 Å². The largest absolute Gasteiger partial charge is 0.456 e. The third-order valence-electron chi connectivity index (χ3n) is 11.2. The van der Waals surface area contributed by atoms with Crippen LogP contribution in [0.15, 0.2) is 192 Å². The average Bonchev–Trinajstić information content (AvgIpc) is 3.94. The molecule has 57 heavy (non-hydrogen) atoms. The van der Waals surface area contributed by atoms with Gasteiger partial charge in [0.25, 0.3) is 0 Å². The van der Waals surface area contributed by atoms with Crippen molar-refractivity contribution in [1.82, 2.24) is 24.1 Å². The number of aromatic nitrogens is 5. The number of benzene rings is 8. The minimum absolute atomic E-state index is 0.567. The van der Waals surface area contributed by atoms with Gasteiger partial charge in [-0.05, 0) is 71.8 Å². The summed E-state index contributed by atoms with van der Waals surface area (Å²) in [5.74, 6) is 1.76. The van der Waals surface area contributed by atoms with Crippen LogP contribution in [0.3, 0.4) is 0 Å². The molecular formula is C51H31N5O. The molecule has 6 nitrogen and oxygen atoms in total. The highest BCUT2D eigenvalue weighted by Crippen LogP contribution is 2.40. The number of para-hydroxylation sites is 3. The molecular weight excluding hydrogens is 699 g/mol. The Labute approximate surface area is 326 Å². The van der Waals surface area contributed by atoms with Crippen LogP contribution in [0.2, 0.25) is 0 Å². The summed E-state index contributed by atoms with van der Waals surface area (Å²) in [5.41, 5.74) is 11.3. The van der Waals surface area contributed by atoms with Crippen molar-refractivity contribution in [1.29, 1.82) is 0 Å². The summed E-state index contributed by atoms with van der Waals surface area (Å²) in [6.07, 6.45) is 0. The van der Waals surface area contributed by atoms with Crippen LogP contribution in [0.1, 0.15) is 0 Å². The molecule has 6 heteroatoms. The van der Waals surface area contributed by atoms with Crippen LogP contribution >= 0.6 is 0 Å². The molecule has 0 unspecified atom stereocenters. The minimum atomic E-state index is 0.567. The van der Waals surface area contributed by atoms with Gasteiger partial charge < -0.3 is 8.98 Å². The molecule has 0 spiro atoms.